The molecule has 0 bridgehead atoms. The van der Waals surface area contributed by atoms with Gasteiger partial charge >= 0.3 is 0 Å². The van der Waals surface area contributed by atoms with Gasteiger partial charge in [-0.05, 0) is 36.1 Å². The van der Waals surface area contributed by atoms with Crippen LogP contribution in [0.3, 0.4) is 0 Å². The summed E-state index contributed by atoms with van der Waals surface area (Å²) in [5.41, 5.74) is 3.01. The molecule has 1 aliphatic heterocycles. The molecule has 1 aromatic carbocycles. The first-order chi connectivity index (χ1) is 10.4. The minimum atomic E-state index is 0.591. The zero-order valence-corrected chi connectivity index (χ0v) is 12.7. The number of fused-ring (bicyclic) bond motifs is 1. The van der Waals surface area contributed by atoms with Crippen molar-refractivity contribution in [3.63, 3.8) is 0 Å². The molecule has 0 spiro atoms. The molecule has 1 atom stereocenters. The van der Waals surface area contributed by atoms with Crippen molar-refractivity contribution < 1.29 is 4.42 Å². The molecule has 0 aliphatic carbocycles. The lowest BCUT2D eigenvalue weighted by Crippen LogP contribution is -2.44. The van der Waals surface area contributed by atoms with Crippen molar-refractivity contribution in [1.29, 1.82) is 0 Å². The molecule has 3 nitrogen and oxygen atoms in total. The first-order valence-electron chi connectivity index (χ1n) is 7.90. The maximum absolute atomic E-state index is 5.36. The van der Waals surface area contributed by atoms with Crippen LogP contribution in [0.25, 0.3) is 0 Å². The average molecular weight is 284 g/mol. The quantitative estimate of drug-likeness (QED) is 0.883. The fourth-order valence-corrected chi connectivity index (χ4v) is 3.14. The summed E-state index contributed by atoms with van der Waals surface area (Å²) in [5, 5.41) is 3.52. The zero-order valence-electron chi connectivity index (χ0n) is 12.7. The second-order valence-electron chi connectivity index (χ2n) is 5.76. The van der Waals surface area contributed by atoms with E-state index >= 15 is 0 Å². The number of benzene rings is 1. The van der Waals surface area contributed by atoms with E-state index in [-0.39, 0.29) is 0 Å². The van der Waals surface area contributed by atoms with Gasteiger partial charge in [-0.3, -0.25) is 4.90 Å². The van der Waals surface area contributed by atoms with Gasteiger partial charge in [0.1, 0.15) is 5.76 Å². The van der Waals surface area contributed by atoms with Crippen LogP contribution in [0.2, 0.25) is 0 Å². The van der Waals surface area contributed by atoms with E-state index in [1.165, 1.54) is 24.0 Å². The van der Waals surface area contributed by atoms with E-state index in [1.54, 1.807) is 6.26 Å². The fraction of sp³-hybridized carbons (Fsp3) is 0.444. The van der Waals surface area contributed by atoms with Crippen molar-refractivity contribution in [2.45, 2.75) is 38.9 Å². The van der Waals surface area contributed by atoms with Crippen molar-refractivity contribution in [3.05, 3.63) is 59.5 Å². The second-order valence-corrected chi connectivity index (χ2v) is 5.76. The first-order valence-corrected chi connectivity index (χ1v) is 7.90. The van der Waals surface area contributed by atoms with E-state index in [2.05, 4.69) is 41.4 Å². The number of furan rings is 1. The summed E-state index contributed by atoms with van der Waals surface area (Å²) >= 11 is 0. The third-order valence-corrected chi connectivity index (χ3v) is 4.41. The Bertz CT molecular complexity index is 550. The lowest BCUT2D eigenvalue weighted by atomic mass is 9.98. The third-order valence-electron chi connectivity index (χ3n) is 4.41. The summed E-state index contributed by atoms with van der Waals surface area (Å²) < 4.78 is 5.36. The van der Waals surface area contributed by atoms with Gasteiger partial charge in [0, 0.05) is 25.7 Å². The van der Waals surface area contributed by atoms with Crippen LogP contribution in [0.1, 0.15) is 30.2 Å². The topological polar surface area (TPSA) is 28.4 Å². The molecule has 3 heteroatoms. The van der Waals surface area contributed by atoms with Crippen molar-refractivity contribution in [2.75, 3.05) is 13.1 Å². The molecule has 0 saturated heterocycles. The normalized spacial score (nSPS) is 16.6. The summed E-state index contributed by atoms with van der Waals surface area (Å²) in [4.78, 5) is 2.61. The summed E-state index contributed by atoms with van der Waals surface area (Å²) in [6.07, 6.45) is 4.08. The van der Waals surface area contributed by atoms with Gasteiger partial charge in [-0.2, -0.15) is 0 Å². The summed E-state index contributed by atoms with van der Waals surface area (Å²) in [6.45, 7) is 6.35. The highest BCUT2D eigenvalue weighted by atomic mass is 16.3. The number of rotatable bonds is 6. The van der Waals surface area contributed by atoms with E-state index < -0.39 is 0 Å². The molecule has 21 heavy (non-hydrogen) atoms. The zero-order chi connectivity index (χ0) is 14.5. The van der Waals surface area contributed by atoms with Gasteiger partial charge in [-0.1, -0.05) is 31.2 Å². The van der Waals surface area contributed by atoms with Gasteiger partial charge in [-0.25, -0.2) is 0 Å². The van der Waals surface area contributed by atoms with Crippen LogP contribution >= 0.6 is 0 Å². The van der Waals surface area contributed by atoms with Crippen LogP contribution in [0.5, 0.6) is 0 Å². The standard InChI is InChI=1S/C18H24N2O/c1-2-17(12-19-13-18-8-5-11-21-18)20-10-9-15-6-3-4-7-16(15)14-20/h3-8,11,17,19H,2,9-10,12-14H2,1H3. The van der Waals surface area contributed by atoms with Crippen molar-refractivity contribution >= 4 is 0 Å². The molecular formula is C18H24N2O. The first kappa shape index (κ1) is 14.4. The Labute approximate surface area is 127 Å². The Morgan fingerprint density at radius 3 is 2.81 bits per heavy atom. The maximum atomic E-state index is 5.36. The van der Waals surface area contributed by atoms with Gasteiger partial charge in [0.2, 0.25) is 0 Å². The van der Waals surface area contributed by atoms with Crippen LogP contribution in [-0.4, -0.2) is 24.0 Å². The molecule has 1 unspecified atom stereocenters. The van der Waals surface area contributed by atoms with Crippen LogP contribution in [-0.2, 0) is 19.5 Å². The van der Waals surface area contributed by atoms with Gasteiger partial charge in [0.15, 0.2) is 0 Å². The van der Waals surface area contributed by atoms with E-state index in [9.17, 15) is 0 Å². The van der Waals surface area contributed by atoms with Crippen molar-refractivity contribution in [2.24, 2.45) is 0 Å². The predicted octanol–water partition coefficient (Wildman–Crippen LogP) is 3.21. The molecule has 0 amide bonds. The predicted molar refractivity (Wildman–Crippen MR) is 85.0 cm³/mol. The Morgan fingerprint density at radius 2 is 2.05 bits per heavy atom. The van der Waals surface area contributed by atoms with Crippen molar-refractivity contribution in [3.8, 4) is 0 Å². The Balaban J connectivity index is 1.54. The van der Waals surface area contributed by atoms with Gasteiger partial charge in [0.05, 0.1) is 12.8 Å². The SMILES string of the molecule is CCC(CNCc1ccco1)N1CCc2ccccc2C1. The van der Waals surface area contributed by atoms with E-state index in [0.29, 0.717) is 6.04 Å². The molecule has 1 aliphatic rings. The molecule has 1 N–H and O–H groups in total. The van der Waals surface area contributed by atoms with Crippen LogP contribution in [0.4, 0.5) is 0 Å². The molecule has 0 saturated carbocycles. The molecule has 0 radical (unpaired) electrons. The summed E-state index contributed by atoms with van der Waals surface area (Å²) in [5.74, 6) is 1.01. The van der Waals surface area contributed by atoms with E-state index in [4.69, 9.17) is 4.42 Å². The fourth-order valence-electron chi connectivity index (χ4n) is 3.14. The van der Waals surface area contributed by atoms with Crippen LogP contribution < -0.4 is 5.32 Å². The number of nitrogens with one attached hydrogen (secondary N) is 1. The number of nitrogens with zero attached hydrogens (tertiary/aromatic N) is 1. The van der Waals surface area contributed by atoms with Gasteiger partial charge < -0.3 is 9.73 Å². The van der Waals surface area contributed by atoms with Gasteiger partial charge in [-0.15, -0.1) is 0 Å². The highest BCUT2D eigenvalue weighted by Gasteiger charge is 2.21. The minimum Gasteiger partial charge on any atom is -0.468 e. The summed E-state index contributed by atoms with van der Waals surface area (Å²) in [7, 11) is 0. The highest BCUT2D eigenvalue weighted by molar-refractivity contribution is 5.29. The Morgan fingerprint density at radius 1 is 1.19 bits per heavy atom. The molecule has 2 heterocycles. The van der Waals surface area contributed by atoms with Crippen molar-refractivity contribution in [1.82, 2.24) is 10.2 Å². The monoisotopic (exact) mass is 284 g/mol. The van der Waals surface area contributed by atoms with Gasteiger partial charge in [0.25, 0.3) is 0 Å². The molecule has 3 rings (SSSR count). The van der Waals surface area contributed by atoms with E-state index in [0.717, 1.165) is 31.9 Å². The molecule has 2 aromatic rings. The largest absolute Gasteiger partial charge is 0.468 e. The smallest absolute Gasteiger partial charge is 0.117 e. The third kappa shape index (κ3) is 3.55. The minimum absolute atomic E-state index is 0.591. The molecular weight excluding hydrogens is 260 g/mol. The van der Waals surface area contributed by atoms with Crippen LogP contribution in [0.15, 0.2) is 47.1 Å². The molecule has 1 aromatic heterocycles. The Hall–Kier alpha value is -1.58. The number of hydrogen-bond acceptors (Lipinski definition) is 3. The Kier molecular flexibility index (Phi) is 4.73. The lowest BCUT2D eigenvalue weighted by Gasteiger charge is -2.35. The lowest BCUT2D eigenvalue weighted by molar-refractivity contribution is 0.169. The molecule has 0 fully saturated rings. The van der Waals surface area contributed by atoms with Crippen LogP contribution in [0, 0.1) is 0 Å². The average Bonchev–Trinajstić information content (AvgIpc) is 3.04. The molecule has 112 valence electrons. The summed E-state index contributed by atoms with van der Waals surface area (Å²) in [6, 6.07) is 13.4. The second kappa shape index (κ2) is 6.92. The highest BCUT2D eigenvalue weighted by Crippen LogP contribution is 2.21. The van der Waals surface area contributed by atoms with E-state index in [1.807, 2.05) is 12.1 Å². The maximum Gasteiger partial charge on any atom is 0.117 e. The number of hydrogen-bond donors (Lipinski definition) is 1.